The van der Waals surface area contributed by atoms with Crippen LogP contribution in [0.2, 0.25) is 5.28 Å². The SMILES string of the molecule is C=CCN(CC=C)c1nc(Cl)nc(Nc2cccc3ccccc23)n1. The largest absolute Gasteiger partial charge is 0.333 e. The molecule has 0 fully saturated rings. The Labute approximate surface area is 151 Å². The van der Waals surface area contributed by atoms with E-state index in [1.807, 2.05) is 35.2 Å². The first-order valence-corrected chi connectivity index (χ1v) is 8.22. The van der Waals surface area contributed by atoms with Gasteiger partial charge in [0.25, 0.3) is 0 Å². The zero-order valence-electron chi connectivity index (χ0n) is 13.7. The number of nitrogens with one attached hydrogen (secondary N) is 1. The molecular weight excluding hydrogens is 334 g/mol. The van der Waals surface area contributed by atoms with Crippen molar-refractivity contribution in [1.29, 1.82) is 0 Å². The van der Waals surface area contributed by atoms with Crippen molar-refractivity contribution in [3.8, 4) is 0 Å². The smallest absolute Gasteiger partial charge is 0.233 e. The van der Waals surface area contributed by atoms with E-state index >= 15 is 0 Å². The lowest BCUT2D eigenvalue weighted by atomic mass is 10.1. The summed E-state index contributed by atoms with van der Waals surface area (Å²) in [6, 6.07) is 14.1. The molecule has 5 nitrogen and oxygen atoms in total. The topological polar surface area (TPSA) is 53.9 Å². The first kappa shape index (κ1) is 16.9. The molecule has 2 aromatic carbocycles. The molecule has 0 saturated carbocycles. The molecule has 1 aromatic heterocycles. The van der Waals surface area contributed by atoms with E-state index in [1.54, 1.807) is 12.2 Å². The van der Waals surface area contributed by atoms with Gasteiger partial charge in [0.2, 0.25) is 17.2 Å². The third-order valence-electron chi connectivity index (χ3n) is 3.61. The monoisotopic (exact) mass is 351 g/mol. The molecule has 126 valence electrons. The maximum atomic E-state index is 6.10. The highest BCUT2D eigenvalue weighted by Crippen LogP contribution is 2.26. The van der Waals surface area contributed by atoms with Gasteiger partial charge in [0.1, 0.15) is 0 Å². The second-order valence-corrected chi connectivity index (χ2v) is 5.70. The number of anilines is 3. The van der Waals surface area contributed by atoms with Gasteiger partial charge in [-0.25, -0.2) is 0 Å². The second kappa shape index (κ2) is 7.77. The van der Waals surface area contributed by atoms with Crippen molar-refractivity contribution >= 4 is 40.0 Å². The molecule has 3 aromatic rings. The highest BCUT2D eigenvalue weighted by atomic mass is 35.5. The van der Waals surface area contributed by atoms with Crippen LogP contribution in [-0.4, -0.2) is 28.0 Å². The Hall–Kier alpha value is -2.92. The van der Waals surface area contributed by atoms with Crippen LogP contribution in [0, 0.1) is 0 Å². The van der Waals surface area contributed by atoms with Crippen LogP contribution in [0.1, 0.15) is 0 Å². The molecule has 3 rings (SSSR count). The first-order chi connectivity index (χ1) is 12.2. The minimum Gasteiger partial charge on any atom is -0.333 e. The van der Waals surface area contributed by atoms with Crippen molar-refractivity contribution < 1.29 is 0 Å². The predicted molar refractivity (Wildman–Crippen MR) is 105 cm³/mol. The van der Waals surface area contributed by atoms with Crippen LogP contribution in [-0.2, 0) is 0 Å². The fourth-order valence-electron chi connectivity index (χ4n) is 2.54. The maximum absolute atomic E-state index is 6.10. The molecule has 0 aliphatic heterocycles. The molecule has 1 N–H and O–H groups in total. The van der Waals surface area contributed by atoms with E-state index in [0.29, 0.717) is 25.0 Å². The van der Waals surface area contributed by atoms with Crippen LogP contribution in [0.25, 0.3) is 10.8 Å². The van der Waals surface area contributed by atoms with Gasteiger partial charge in [-0.15, -0.1) is 13.2 Å². The summed E-state index contributed by atoms with van der Waals surface area (Å²) in [5.41, 5.74) is 0.908. The Morgan fingerprint density at radius 1 is 0.960 bits per heavy atom. The van der Waals surface area contributed by atoms with Crippen molar-refractivity contribution in [2.45, 2.75) is 0 Å². The molecule has 0 bridgehead atoms. The van der Waals surface area contributed by atoms with Crippen LogP contribution in [0.15, 0.2) is 67.8 Å². The Kier molecular flexibility index (Phi) is 5.26. The van der Waals surface area contributed by atoms with E-state index in [0.717, 1.165) is 16.5 Å². The zero-order valence-corrected chi connectivity index (χ0v) is 14.4. The molecule has 25 heavy (non-hydrogen) atoms. The van der Waals surface area contributed by atoms with Crippen LogP contribution in [0.5, 0.6) is 0 Å². The molecule has 0 unspecified atom stereocenters. The fraction of sp³-hybridized carbons (Fsp3) is 0.105. The molecule has 0 atom stereocenters. The van der Waals surface area contributed by atoms with Crippen LogP contribution in [0.3, 0.4) is 0 Å². The number of benzene rings is 2. The number of hydrogen-bond acceptors (Lipinski definition) is 5. The lowest BCUT2D eigenvalue weighted by molar-refractivity contribution is 0.875. The number of nitrogens with zero attached hydrogens (tertiary/aromatic N) is 4. The first-order valence-electron chi connectivity index (χ1n) is 7.84. The standard InChI is InChI=1S/C19H18ClN5/c1-3-12-25(13-4-2)19-23-17(20)22-18(24-19)21-16-11-7-9-14-8-5-6-10-15(14)16/h3-11H,1-2,12-13H2,(H,21,22,23,24). The molecule has 0 spiro atoms. The number of halogens is 1. The van der Waals surface area contributed by atoms with Crippen molar-refractivity contribution in [3.63, 3.8) is 0 Å². The maximum Gasteiger partial charge on any atom is 0.233 e. The number of rotatable bonds is 7. The van der Waals surface area contributed by atoms with Gasteiger partial charge >= 0.3 is 0 Å². The number of hydrogen-bond donors (Lipinski definition) is 1. The molecule has 0 radical (unpaired) electrons. The number of fused-ring (bicyclic) bond motifs is 1. The normalized spacial score (nSPS) is 10.4. The van der Waals surface area contributed by atoms with Gasteiger partial charge in [-0.1, -0.05) is 48.6 Å². The third kappa shape index (κ3) is 3.95. The quantitative estimate of drug-likeness (QED) is 0.630. The molecule has 0 aliphatic rings. The van der Waals surface area contributed by atoms with Crippen LogP contribution in [0.4, 0.5) is 17.6 Å². The molecular formula is C19H18ClN5. The minimum atomic E-state index is 0.130. The minimum absolute atomic E-state index is 0.130. The Bertz CT molecular complexity index is 894. The molecule has 1 heterocycles. The van der Waals surface area contributed by atoms with Crippen molar-refractivity contribution in [3.05, 3.63) is 73.1 Å². The Morgan fingerprint density at radius 3 is 2.44 bits per heavy atom. The van der Waals surface area contributed by atoms with Crippen molar-refractivity contribution in [1.82, 2.24) is 15.0 Å². The van der Waals surface area contributed by atoms with Gasteiger partial charge in [0.15, 0.2) is 0 Å². The highest BCUT2D eigenvalue weighted by Gasteiger charge is 2.12. The van der Waals surface area contributed by atoms with E-state index in [2.05, 4.69) is 45.6 Å². The van der Waals surface area contributed by atoms with E-state index in [4.69, 9.17) is 11.6 Å². The van der Waals surface area contributed by atoms with E-state index in [-0.39, 0.29) is 5.28 Å². The van der Waals surface area contributed by atoms with Gasteiger partial charge in [-0.2, -0.15) is 15.0 Å². The second-order valence-electron chi connectivity index (χ2n) is 5.36. The number of aromatic nitrogens is 3. The van der Waals surface area contributed by atoms with Gasteiger partial charge < -0.3 is 10.2 Å². The Balaban J connectivity index is 1.97. The van der Waals surface area contributed by atoms with Gasteiger partial charge in [0.05, 0.1) is 0 Å². The van der Waals surface area contributed by atoms with E-state index < -0.39 is 0 Å². The summed E-state index contributed by atoms with van der Waals surface area (Å²) in [6.45, 7) is 8.69. The third-order valence-corrected chi connectivity index (χ3v) is 3.78. The average molecular weight is 352 g/mol. The van der Waals surface area contributed by atoms with Gasteiger partial charge in [0, 0.05) is 24.2 Å². The van der Waals surface area contributed by atoms with E-state index in [9.17, 15) is 0 Å². The molecule has 0 saturated heterocycles. The fourth-order valence-corrected chi connectivity index (χ4v) is 2.70. The lowest BCUT2D eigenvalue weighted by Gasteiger charge is -2.19. The Morgan fingerprint density at radius 2 is 1.68 bits per heavy atom. The predicted octanol–water partition coefficient (Wildman–Crippen LogP) is 4.60. The summed E-state index contributed by atoms with van der Waals surface area (Å²) < 4.78 is 0. The van der Waals surface area contributed by atoms with Gasteiger partial charge in [-0.05, 0) is 23.1 Å². The summed E-state index contributed by atoms with van der Waals surface area (Å²) in [5, 5.41) is 5.59. The van der Waals surface area contributed by atoms with E-state index in [1.165, 1.54) is 0 Å². The lowest BCUT2D eigenvalue weighted by Crippen LogP contribution is -2.25. The summed E-state index contributed by atoms with van der Waals surface area (Å²) >= 11 is 6.10. The van der Waals surface area contributed by atoms with Crippen molar-refractivity contribution in [2.24, 2.45) is 0 Å². The van der Waals surface area contributed by atoms with Crippen LogP contribution >= 0.6 is 11.6 Å². The summed E-state index contributed by atoms with van der Waals surface area (Å²) in [7, 11) is 0. The summed E-state index contributed by atoms with van der Waals surface area (Å²) in [5.74, 6) is 0.868. The van der Waals surface area contributed by atoms with Crippen molar-refractivity contribution in [2.75, 3.05) is 23.3 Å². The zero-order chi connectivity index (χ0) is 17.6. The highest BCUT2D eigenvalue weighted by molar-refractivity contribution is 6.28. The average Bonchev–Trinajstić information content (AvgIpc) is 2.61. The van der Waals surface area contributed by atoms with Crippen LogP contribution < -0.4 is 10.2 Å². The molecule has 0 amide bonds. The summed E-state index contributed by atoms with van der Waals surface area (Å²) in [6.07, 6.45) is 3.55. The summed E-state index contributed by atoms with van der Waals surface area (Å²) in [4.78, 5) is 14.8. The van der Waals surface area contributed by atoms with Gasteiger partial charge in [-0.3, -0.25) is 0 Å². The molecule has 6 heteroatoms. The molecule has 0 aliphatic carbocycles.